The molecule has 0 saturated heterocycles. The Kier molecular flexibility index (Phi) is 1.91. The molecule has 0 spiro atoms. The maximum atomic E-state index is 6.22. The summed E-state index contributed by atoms with van der Waals surface area (Å²) in [6.07, 6.45) is 1.78. The average Bonchev–Trinajstić information content (AvgIpc) is 2.77. The molecule has 0 aliphatic carbocycles. The normalized spacial score (nSPS) is 11.6. The monoisotopic (exact) mass is 253 g/mol. The van der Waals surface area contributed by atoms with Gasteiger partial charge in [-0.1, -0.05) is 23.7 Å². The van der Waals surface area contributed by atoms with Gasteiger partial charge in [-0.15, -0.1) is 0 Å². The average molecular weight is 254 g/mol. The van der Waals surface area contributed by atoms with E-state index in [9.17, 15) is 0 Å². The van der Waals surface area contributed by atoms with Crippen LogP contribution in [0.25, 0.3) is 32.8 Å². The predicted molar refractivity (Wildman–Crippen MR) is 74.0 cm³/mol. The van der Waals surface area contributed by atoms with Gasteiger partial charge in [-0.3, -0.25) is 4.98 Å². The highest BCUT2D eigenvalue weighted by Gasteiger charge is 2.11. The van der Waals surface area contributed by atoms with Crippen molar-refractivity contribution in [1.82, 2.24) is 4.98 Å². The Labute approximate surface area is 108 Å². The number of pyridine rings is 1. The van der Waals surface area contributed by atoms with Gasteiger partial charge in [0.25, 0.3) is 0 Å². The highest BCUT2D eigenvalue weighted by molar-refractivity contribution is 6.37. The number of benzene rings is 2. The van der Waals surface area contributed by atoms with Gasteiger partial charge < -0.3 is 4.42 Å². The number of hydrogen-bond acceptors (Lipinski definition) is 2. The van der Waals surface area contributed by atoms with Gasteiger partial charge >= 0.3 is 0 Å². The summed E-state index contributed by atoms with van der Waals surface area (Å²) in [5, 5.41) is 3.89. The number of halogens is 1. The summed E-state index contributed by atoms with van der Waals surface area (Å²) < 4.78 is 5.79. The van der Waals surface area contributed by atoms with E-state index in [0.29, 0.717) is 0 Å². The van der Waals surface area contributed by atoms with Crippen LogP contribution >= 0.6 is 11.6 Å². The van der Waals surface area contributed by atoms with E-state index >= 15 is 0 Å². The van der Waals surface area contributed by atoms with Crippen LogP contribution in [0.2, 0.25) is 5.02 Å². The van der Waals surface area contributed by atoms with Crippen LogP contribution in [0.1, 0.15) is 0 Å². The van der Waals surface area contributed by atoms with Crippen LogP contribution in [-0.4, -0.2) is 4.98 Å². The molecule has 0 bridgehead atoms. The van der Waals surface area contributed by atoms with Gasteiger partial charge in [0.2, 0.25) is 0 Å². The summed E-state index contributed by atoms with van der Waals surface area (Å²) in [4.78, 5) is 4.41. The maximum absolute atomic E-state index is 6.22. The number of furan rings is 1. The fourth-order valence-corrected chi connectivity index (χ4v) is 2.65. The SMILES string of the molecule is Clc1cccc2c1ccc1oc3cccnc3c12. The highest BCUT2D eigenvalue weighted by Crippen LogP contribution is 2.35. The van der Waals surface area contributed by atoms with Crippen LogP contribution in [0, 0.1) is 0 Å². The molecule has 0 amide bonds. The molecule has 3 heteroatoms. The molecule has 86 valence electrons. The van der Waals surface area contributed by atoms with Crippen LogP contribution in [-0.2, 0) is 0 Å². The van der Waals surface area contributed by atoms with Crippen molar-refractivity contribution in [1.29, 1.82) is 0 Å². The summed E-state index contributed by atoms with van der Waals surface area (Å²) in [6.45, 7) is 0. The lowest BCUT2D eigenvalue weighted by molar-refractivity contribution is 0.668. The zero-order chi connectivity index (χ0) is 12.1. The number of aromatic nitrogens is 1. The zero-order valence-electron chi connectivity index (χ0n) is 9.35. The molecule has 0 aliphatic rings. The lowest BCUT2D eigenvalue weighted by Crippen LogP contribution is -1.77. The summed E-state index contributed by atoms with van der Waals surface area (Å²) >= 11 is 6.22. The van der Waals surface area contributed by atoms with E-state index < -0.39 is 0 Å². The molecule has 4 rings (SSSR count). The molecule has 0 N–H and O–H groups in total. The molecule has 0 radical (unpaired) electrons. The molecule has 0 atom stereocenters. The molecule has 0 fully saturated rings. The highest BCUT2D eigenvalue weighted by atomic mass is 35.5. The summed E-state index contributed by atoms with van der Waals surface area (Å²) in [6, 6.07) is 13.6. The van der Waals surface area contributed by atoms with Crippen molar-refractivity contribution in [3.05, 3.63) is 53.7 Å². The Morgan fingerprint density at radius 3 is 2.78 bits per heavy atom. The van der Waals surface area contributed by atoms with Gasteiger partial charge in [-0.05, 0) is 35.7 Å². The Balaban J connectivity index is 2.37. The standard InChI is InChI=1S/C15H8ClNO/c16-11-4-1-3-10-9(11)6-7-12-14(10)15-13(18-12)5-2-8-17-15/h1-8H. The van der Waals surface area contributed by atoms with E-state index in [1.54, 1.807) is 6.20 Å². The first kappa shape index (κ1) is 9.92. The van der Waals surface area contributed by atoms with Crippen molar-refractivity contribution in [2.45, 2.75) is 0 Å². The predicted octanol–water partition coefficient (Wildman–Crippen LogP) is 4.79. The second-order valence-electron chi connectivity index (χ2n) is 4.23. The van der Waals surface area contributed by atoms with Crippen molar-refractivity contribution in [3.63, 3.8) is 0 Å². The number of rotatable bonds is 0. The summed E-state index contributed by atoms with van der Waals surface area (Å²) in [7, 11) is 0. The van der Waals surface area contributed by atoms with Crippen LogP contribution in [0.5, 0.6) is 0 Å². The molecular formula is C15H8ClNO. The van der Waals surface area contributed by atoms with Gasteiger partial charge in [0.05, 0.1) is 5.39 Å². The zero-order valence-corrected chi connectivity index (χ0v) is 10.1. The van der Waals surface area contributed by atoms with E-state index in [2.05, 4.69) is 4.98 Å². The fraction of sp³-hybridized carbons (Fsp3) is 0. The Hall–Kier alpha value is -2.06. The third-order valence-electron chi connectivity index (χ3n) is 3.20. The molecule has 4 aromatic rings. The van der Waals surface area contributed by atoms with Gasteiger partial charge in [-0.25, -0.2) is 0 Å². The third-order valence-corrected chi connectivity index (χ3v) is 3.53. The van der Waals surface area contributed by atoms with Crippen LogP contribution < -0.4 is 0 Å². The Morgan fingerprint density at radius 1 is 0.889 bits per heavy atom. The number of nitrogens with zero attached hydrogens (tertiary/aromatic N) is 1. The molecule has 2 aromatic carbocycles. The van der Waals surface area contributed by atoms with Crippen LogP contribution in [0.4, 0.5) is 0 Å². The first-order valence-corrected chi connectivity index (χ1v) is 6.07. The van der Waals surface area contributed by atoms with E-state index in [1.165, 1.54) is 0 Å². The summed E-state index contributed by atoms with van der Waals surface area (Å²) in [5.74, 6) is 0. The summed E-state index contributed by atoms with van der Waals surface area (Å²) in [5.41, 5.74) is 2.54. The molecule has 2 heterocycles. The molecule has 0 aliphatic heterocycles. The van der Waals surface area contributed by atoms with Crippen molar-refractivity contribution in [3.8, 4) is 0 Å². The van der Waals surface area contributed by atoms with Crippen molar-refractivity contribution in [2.24, 2.45) is 0 Å². The van der Waals surface area contributed by atoms with Crippen molar-refractivity contribution < 1.29 is 4.42 Å². The van der Waals surface area contributed by atoms with Crippen LogP contribution in [0.15, 0.2) is 53.1 Å². The fourth-order valence-electron chi connectivity index (χ4n) is 2.41. The molecule has 18 heavy (non-hydrogen) atoms. The van der Waals surface area contributed by atoms with Gasteiger partial charge in [0.15, 0.2) is 5.58 Å². The minimum atomic E-state index is 0.750. The molecule has 0 saturated carbocycles. The largest absolute Gasteiger partial charge is 0.454 e. The van der Waals surface area contributed by atoms with Crippen molar-refractivity contribution >= 4 is 44.4 Å². The first-order chi connectivity index (χ1) is 8.84. The Bertz CT molecular complexity index is 895. The maximum Gasteiger partial charge on any atom is 0.153 e. The number of hydrogen-bond donors (Lipinski definition) is 0. The third kappa shape index (κ3) is 1.21. The Morgan fingerprint density at radius 2 is 1.83 bits per heavy atom. The van der Waals surface area contributed by atoms with Gasteiger partial charge in [0, 0.05) is 16.6 Å². The molecule has 0 unspecified atom stereocenters. The minimum absolute atomic E-state index is 0.750. The van der Waals surface area contributed by atoms with E-state index in [0.717, 1.165) is 37.9 Å². The minimum Gasteiger partial charge on any atom is -0.454 e. The van der Waals surface area contributed by atoms with Crippen LogP contribution in [0.3, 0.4) is 0 Å². The first-order valence-electron chi connectivity index (χ1n) is 5.69. The topological polar surface area (TPSA) is 26.0 Å². The second kappa shape index (κ2) is 3.47. The molecular weight excluding hydrogens is 246 g/mol. The lowest BCUT2D eigenvalue weighted by Gasteiger charge is -2.00. The van der Waals surface area contributed by atoms with E-state index in [-0.39, 0.29) is 0 Å². The van der Waals surface area contributed by atoms with E-state index in [1.807, 2.05) is 42.5 Å². The van der Waals surface area contributed by atoms with Gasteiger partial charge in [-0.2, -0.15) is 0 Å². The van der Waals surface area contributed by atoms with Gasteiger partial charge in [0.1, 0.15) is 11.1 Å². The smallest absolute Gasteiger partial charge is 0.153 e. The molecule has 2 nitrogen and oxygen atoms in total. The van der Waals surface area contributed by atoms with Crippen molar-refractivity contribution in [2.75, 3.05) is 0 Å². The number of fused-ring (bicyclic) bond motifs is 5. The molecule has 2 aromatic heterocycles. The lowest BCUT2D eigenvalue weighted by atomic mass is 10.1. The second-order valence-corrected chi connectivity index (χ2v) is 4.63. The van der Waals surface area contributed by atoms with E-state index in [4.69, 9.17) is 16.0 Å². The quantitative estimate of drug-likeness (QED) is 0.450.